The number of aryl methyl sites for hydroxylation is 1. The maximum Gasteiger partial charge on any atom is 0.206 e. The fourth-order valence-corrected chi connectivity index (χ4v) is 1.66. The predicted octanol–water partition coefficient (Wildman–Crippen LogP) is 1.33. The molecule has 0 atom stereocenters. The first-order valence-electron chi connectivity index (χ1n) is 6.64. The number of rotatable bonds is 7. The summed E-state index contributed by atoms with van der Waals surface area (Å²) < 4.78 is 5.26. The lowest BCUT2D eigenvalue weighted by molar-refractivity contribution is 0.145. The van der Waals surface area contributed by atoms with E-state index in [4.69, 9.17) is 10.6 Å². The monoisotopic (exact) mass is 264 g/mol. The lowest BCUT2D eigenvalue weighted by atomic mass is 10.1. The Morgan fingerprint density at radius 2 is 2.26 bits per heavy atom. The van der Waals surface area contributed by atoms with Gasteiger partial charge >= 0.3 is 0 Å². The summed E-state index contributed by atoms with van der Waals surface area (Å²) in [5.74, 6) is 6.04. The molecule has 0 spiro atoms. The number of ether oxygens (including phenoxy) is 1. The molecule has 5 heteroatoms. The third-order valence-corrected chi connectivity index (χ3v) is 2.60. The molecular formula is C14H24N4O. The highest BCUT2D eigenvalue weighted by Gasteiger charge is 1.96. The van der Waals surface area contributed by atoms with E-state index in [1.807, 2.05) is 13.0 Å². The zero-order valence-corrected chi connectivity index (χ0v) is 11.8. The smallest absolute Gasteiger partial charge is 0.206 e. The summed E-state index contributed by atoms with van der Waals surface area (Å²) in [7, 11) is 0. The maximum absolute atomic E-state index is 5.43. The Morgan fingerprint density at radius 1 is 1.42 bits per heavy atom. The Labute approximate surface area is 115 Å². The third-order valence-electron chi connectivity index (χ3n) is 2.60. The highest BCUT2D eigenvalue weighted by molar-refractivity contribution is 5.79. The van der Waals surface area contributed by atoms with Gasteiger partial charge in [0, 0.05) is 19.8 Å². The molecule has 106 valence electrons. The number of guanidine groups is 1. The first kappa shape index (κ1) is 15.5. The second-order valence-corrected chi connectivity index (χ2v) is 4.28. The molecule has 0 fully saturated rings. The number of benzene rings is 1. The molecule has 4 N–H and O–H groups in total. The van der Waals surface area contributed by atoms with E-state index in [2.05, 4.69) is 40.9 Å². The van der Waals surface area contributed by atoms with Crippen LogP contribution in [0.5, 0.6) is 0 Å². The third kappa shape index (κ3) is 6.79. The largest absolute Gasteiger partial charge is 0.382 e. The van der Waals surface area contributed by atoms with E-state index in [0.29, 0.717) is 12.5 Å². The maximum atomic E-state index is 5.43. The molecule has 0 unspecified atom stereocenters. The lowest BCUT2D eigenvalue weighted by Gasteiger charge is -2.09. The summed E-state index contributed by atoms with van der Waals surface area (Å²) in [4.78, 5) is 4.40. The van der Waals surface area contributed by atoms with Crippen LogP contribution < -0.4 is 16.6 Å². The van der Waals surface area contributed by atoms with Gasteiger partial charge in [-0.25, -0.2) is 10.8 Å². The first-order valence-corrected chi connectivity index (χ1v) is 6.64. The molecular weight excluding hydrogens is 240 g/mol. The number of hydrazine groups is 1. The van der Waals surface area contributed by atoms with Gasteiger partial charge in [0.1, 0.15) is 0 Å². The van der Waals surface area contributed by atoms with Gasteiger partial charge in [0.15, 0.2) is 0 Å². The van der Waals surface area contributed by atoms with E-state index < -0.39 is 0 Å². The Balaban J connectivity index is 2.35. The number of hydrogen-bond donors (Lipinski definition) is 3. The van der Waals surface area contributed by atoms with Crippen molar-refractivity contribution in [1.29, 1.82) is 0 Å². The van der Waals surface area contributed by atoms with Gasteiger partial charge in [-0.15, -0.1) is 0 Å². The zero-order valence-electron chi connectivity index (χ0n) is 11.8. The molecule has 1 rings (SSSR count). The van der Waals surface area contributed by atoms with Crippen LogP contribution in [0.3, 0.4) is 0 Å². The molecule has 0 bridgehead atoms. The Morgan fingerprint density at radius 3 is 2.95 bits per heavy atom. The van der Waals surface area contributed by atoms with Gasteiger partial charge in [-0.3, -0.25) is 5.43 Å². The van der Waals surface area contributed by atoms with Gasteiger partial charge in [0.25, 0.3) is 0 Å². The Bertz CT molecular complexity index is 393. The van der Waals surface area contributed by atoms with Crippen LogP contribution >= 0.6 is 0 Å². The van der Waals surface area contributed by atoms with E-state index in [9.17, 15) is 0 Å². The van der Waals surface area contributed by atoms with Crippen molar-refractivity contribution in [2.45, 2.75) is 26.8 Å². The molecule has 0 aliphatic rings. The number of nitrogens with one attached hydrogen (secondary N) is 2. The van der Waals surface area contributed by atoms with Crippen molar-refractivity contribution in [3.63, 3.8) is 0 Å². The van der Waals surface area contributed by atoms with Crippen molar-refractivity contribution in [2.24, 2.45) is 10.8 Å². The molecule has 0 aliphatic heterocycles. The van der Waals surface area contributed by atoms with Crippen molar-refractivity contribution in [3.8, 4) is 0 Å². The zero-order chi connectivity index (χ0) is 13.9. The van der Waals surface area contributed by atoms with Crippen LogP contribution in [0.15, 0.2) is 29.3 Å². The summed E-state index contributed by atoms with van der Waals surface area (Å²) in [6.45, 7) is 6.96. The van der Waals surface area contributed by atoms with E-state index in [1.54, 1.807) is 0 Å². The van der Waals surface area contributed by atoms with Gasteiger partial charge in [-0.2, -0.15) is 0 Å². The normalized spacial score (nSPS) is 11.4. The van der Waals surface area contributed by atoms with Gasteiger partial charge in [0.05, 0.1) is 6.54 Å². The minimum absolute atomic E-state index is 0.609. The molecule has 0 radical (unpaired) electrons. The lowest BCUT2D eigenvalue weighted by Crippen LogP contribution is -2.42. The summed E-state index contributed by atoms with van der Waals surface area (Å²) in [6.07, 6.45) is 0.930. The Kier molecular flexibility index (Phi) is 7.62. The molecule has 0 amide bonds. The van der Waals surface area contributed by atoms with Crippen molar-refractivity contribution in [1.82, 2.24) is 10.7 Å². The van der Waals surface area contributed by atoms with Gasteiger partial charge in [-0.1, -0.05) is 29.8 Å². The highest BCUT2D eigenvalue weighted by Crippen LogP contribution is 2.04. The topological polar surface area (TPSA) is 71.7 Å². The fourth-order valence-electron chi connectivity index (χ4n) is 1.66. The molecule has 0 aliphatic carbocycles. The first-order chi connectivity index (χ1) is 9.26. The highest BCUT2D eigenvalue weighted by atomic mass is 16.5. The summed E-state index contributed by atoms with van der Waals surface area (Å²) >= 11 is 0. The fraction of sp³-hybridized carbons (Fsp3) is 0.500. The van der Waals surface area contributed by atoms with Crippen molar-refractivity contribution in [2.75, 3.05) is 19.8 Å². The number of nitrogens with zero attached hydrogens (tertiary/aromatic N) is 1. The minimum Gasteiger partial charge on any atom is -0.382 e. The van der Waals surface area contributed by atoms with Crippen molar-refractivity contribution < 1.29 is 4.74 Å². The number of aliphatic imine (C=N–C) groups is 1. The van der Waals surface area contributed by atoms with Gasteiger partial charge in [0.2, 0.25) is 5.96 Å². The molecule has 0 saturated carbocycles. The second kappa shape index (κ2) is 9.35. The van der Waals surface area contributed by atoms with E-state index in [-0.39, 0.29) is 0 Å². The summed E-state index contributed by atoms with van der Waals surface area (Å²) in [5.41, 5.74) is 4.98. The van der Waals surface area contributed by atoms with Crippen molar-refractivity contribution >= 4 is 5.96 Å². The van der Waals surface area contributed by atoms with Crippen LogP contribution in [0.1, 0.15) is 24.5 Å². The minimum atomic E-state index is 0.609. The molecule has 19 heavy (non-hydrogen) atoms. The SMILES string of the molecule is CCOCCCNC(=NCc1cccc(C)c1)NN. The average molecular weight is 264 g/mol. The van der Waals surface area contributed by atoms with Crippen LogP contribution in [-0.4, -0.2) is 25.7 Å². The molecule has 1 aromatic carbocycles. The van der Waals surface area contributed by atoms with Crippen LogP contribution in [0.4, 0.5) is 0 Å². The Hall–Kier alpha value is -1.59. The van der Waals surface area contributed by atoms with E-state index in [1.165, 1.54) is 11.1 Å². The summed E-state index contributed by atoms with van der Waals surface area (Å²) in [6, 6.07) is 8.28. The van der Waals surface area contributed by atoms with Crippen LogP contribution in [0.2, 0.25) is 0 Å². The van der Waals surface area contributed by atoms with Gasteiger partial charge in [-0.05, 0) is 25.8 Å². The predicted molar refractivity (Wildman–Crippen MR) is 78.8 cm³/mol. The van der Waals surface area contributed by atoms with E-state index >= 15 is 0 Å². The molecule has 0 aromatic heterocycles. The molecule has 0 saturated heterocycles. The van der Waals surface area contributed by atoms with Gasteiger partial charge < -0.3 is 10.1 Å². The van der Waals surface area contributed by atoms with Crippen molar-refractivity contribution in [3.05, 3.63) is 35.4 Å². The average Bonchev–Trinajstić information content (AvgIpc) is 2.42. The van der Waals surface area contributed by atoms with E-state index in [0.717, 1.165) is 26.2 Å². The molecule has 5 nitrogen and oxygen atoms in total. The quantitative estimate of drug-likeness (QED) is 0.228. The molecule has 1 aromatic rings. The molecule has 0 heterocycles. The number of hydrogen-bond acceptors (Lipinski definition) is 3. The van der Waals surface area contributed by atoms with Crippen LogP contribution in [-0.2, 0) is 11.3 Å². The van der Waals surface area contributed by atoms with Crippen LogP contribution in [0, 0.1) is 6.92 Å². The standard InChI is InChI=1S/C14H24N4O/c1-3-19-9-5-8-16-14(18-15)17-11-13-7-4-6-12(2)10-13/h4,6-7,10H,3,5,8-9,11,15H2,1-2H3,(H2,16,17,18). The second-order valence-electron chi connectivity index (χ2n) is 4.28. The van der Waals surface area contributed by atoms with Crippen LogP contribution in [0.25, 0.3) is 0 Å². The number of nitrogens with two attached hydrogens (primary N) is 1. The summed E-state index contributed by atoms with van der Waals surface area (Å²) in [5, 5.41) is 3.15.